The topological polar surface area (TPSA) is 62.7 Å². The minimum atomic E-state index is -0.411. The lowest BCUT2D eigenvalue weighted by Crippen LogP contribution is -2.37. The van der Waals surface area contributed by atoms with E-state index in [1.165, 1.54) is 0 Å². The average Bonchev–Trinajstić information content (AvgIpc) is 2.72. The fraction of sp³-hybridized carbons (Fsp3) is 0.182. The quantitative estimate of drug-likeness (QED) is 0.490. The first-order chi connectivity index (χ1) is 13.2. The molecule has 3 rings (SSSR count). The summed E-state index contributed by atoms with van der Waals surface area (Å²) in [5.74, 6) is 0.503. The average molecular weight is 361 g/mol. The lowest BCUT2D eigenvalue weighted by Gasteiger charge is -2.18. The molecule has 1 atom stereocenters. The number of nitrogens with zero attached hydrogens (tertiary/aromatic N) is 1. The van der Waals surface area contributed by atoms with Gasteiger partial charge in [-0.25, -0.2) is 5.43 Å². The minimum absolute atomic E-state index is 0.195. The molecule has 0 aliphatic heterocycles. The molecule has 0 aliphatic rings. The van der Waals surface area contributed by atoms with Gasteiger partial charge in [0.1, 0.15) is 11.8 Å². The molecular weight excluding hydrogens is 338 g/mol. The Kier molecular flexibility index (Phi) is 6.05. The molecule has 0 bridgehead atoms. The van der Waals surface area contributed by atoms with Crippen LogP contribution < -0.4 is 15.5 Å². The SMILES string of the molecule is CC[C@H](Nc1ccccc1OC)C(=O)NN=Cc1cccc2ccccc12. The fourth-order valence-electron chi connectivity index (χ4n) is 2.91. The van der Waals surface area contributed by atoms with Crippen LogP contribution in [0, 0.1) is 0 Å². The Morgan fingerprint density at radius 3 is 2.63 bits per heavy atom. The summed E-state index contributed by atoms with van der Waals surface area (Å²) in [6.07, 6.45) is 2.30. The van der Waals surface area contributed by atoms with Crippen molar-refractivity contribution in [2.45, 2.75) is 19.4 Å². The van der Waals surface area contributed by atoms with Crippen LogP contribution in [0.15, 0.2) is 71.8 Å². The third-order valence-corrected chi connectivity index (χ3v) is 4.36. The van der Waals surface area contributed by atoms with Crippen molar-refractivity contribution in [2.75, 3.05) is 12.4 Å². The number of para-hydroxylation sites is 2. The third-order valence-electron chi connectivity index (χ3n) is 4.36. The predicted molar refractivity (Wildman–Crippen MR) is 110 cm³/mol. The number of fused-ring (bicyclic) bond motifs is 1. The van der Waals surface area contributed by atoms with E-state index in [0.29, 0.717) is 12.2 Å². The van der Waals surface area contributed by atoms with Crippen LogP contribution in [0.2, 0.25) is 0 Å². The van der Waals surface area contributed by atoms with Gasteiger partial charge in [0.2, 0.25) is 0 Å². The number of amides is 1. The summed E-state index contributed by atoms with van der Waals surface area (Å²) >= 11 is 0. The van der Waals surface area contributed by atoms with Crippen molar-refractivity contribution < 1.29 is 9.53 Å². The molecule has 0 aliphatic carbocycles. The number of ether oxygens (including phenoxy) is 1. The van der Waals surface area contributed by atoms with E-state index in [2.05, 4.69) is 28.0 Å². The molecule has 3 aromatic rings. The highest BCUT2D eigenvalue weighted by Gasteiger charge is 2.17. The maximum absolute atomic E-state index is 12.5. The summed E-state index contributed by atoms with van der Waals surface area (Å²) in [6.45, 7) is 1.95. The molecule has 0 spiro atoms. The Labute approximate surface area is 159 Å². The zero-order chi connectivity index (χ0) is 19.1. The maximum atomic E-state index is 12.5. The number of benzene rings is 3. The molecule has 2 N–H and O–H groups in total. The van der Waals surface area contributed by atoms with Gasteiger partial charge in [0.05, 0.1) is 19.0 Å². The number of nitrogens with one attached hydrogen (secondary N) is 2. The molecule has 0 aromatic heterocycles. The Morgan fingerprint density at radius 1 is 1.07 bits per heavy atom. The smallest absolute Gasteiger partial charge is 0.262 e. The monoisotopic (exact) mass is 361 g/mol. The molecule has 1 amide bonds. The summed E-state index contributed by atoms with van der Waals surface area (Å²) < 4.78 is 5.33. The maximum Gasteiger partial charge on any atom is 0.262 e. The van der Waals surface area contributed by atoms with E-state index in [4.69, 9.17) is 4.74 Å². The van der Waals surface area contributed by atoms with Gasteiger partial charge >= 0.3 is 0 Å². The Morgan fingerprint density at radius 2 is 1.81 bits per heavy atom. The normalized spacial score (nSPS) is 12.1. The van der Waals surface area contributed by atoms with E-state index in [1.807, 2.05) is 61.5 Å². The van der Waals surface area contributed by atoms with Gasteiger partial charge in [0.25, 0.3) is 5.91 Å². The van der Waals surface area contributed by atoms with Gasteiger partial charge in [0.15, 0.2) is 0 Å². The second kappa shape index (κ2) is 8.85. The summed E-state index contributed by atoms with van der Waals surface area (Å²) in [7, 11) is 1.61. The largest absolute Gasteiger partial charge is 0.495 e. The lowest BCUT2D eigenvalue weighted by molar-refractivity contribution is -0.121. The highest BCUT2D eigenvalue weighted by Crippen LogP contribution is 2.24. The lowest BCUT2D eigenvalue weighted by atomic mass is 10.1. The van der Waals surface area contributed by atoms with Gasteiger partial charge in [-0.3, -0.25) is 4.79 Å². The highest BCUT2D eigenvalue weighted by atomic mass is 16.5. The zero-order valence-electron chi connectivity index (χ0n) is 15.5. The molecule has 5 nitrogen and oxygen atoms in total. The highest BCUT2D eigenvalue weighted by molar-refractivity contribution is 6.00. The van der Waals surface area contributed by atoms with Crippen molar-refractivity contribution >= 4 is 28.6 Å². The van der Waals surface area contributed by atoms with Gasteiger partial charge in [0, 0.05) is 5.56 Å². The van der Waals surface area contributed by atoms with Crippen LogP contribution in [0.4, 0.5) is 5.69 Å². The second-order valence-corrected chi connectivity index (χ2v) is 6.11. The summed E-state index contributed by atoms with van der Waals surface area (Å²) in [4.78, 5) is 12.5. The van der Waals surface area contributed by atoms with E-state index in [0.717, 1.165) is 22.0 Å². The van der Waals surface area contributed by atoms with Crippen LogP contribution in [0.25, 0.3) is 10.8 Å². The van der Waals surface area contributed by atoms with Gasteiger partial charge in [-0.1, -0.05) is 61.5 Å². The molecule has 5 heteroatoms. The van der Waals surface area contributed by atoms with Gasteiger partial charge < -0.3 is 10.1 Å². The van der Waals surface area contributed by atoms with Crippen LogP contribution >= 0.6 is 0 Å². The van der Waals surface area contributed by atoms with Crippen molar-refractivity contribution in [3.8, 4) is 5.75 Å². The van der Waals surface area contributed by atoms with Crippen molar-refractivity contribution in [1.82, 2.24) is 5.43 Å². The molecular formula is C22H23N3O2. The van der Waals surface area contributed by atoms with Crippen molar-refractivity contribution in [3.05, 3.63) is 72.3 Å². The number of rotatable bonds is 7. The summed E-state index contributed by atoms with van der Waals surface area (Å²) in [5, 5.41) is 9.60. The van der Waals surface area contributed by atoms with Crippen LogP contribution in [0.5, 0.6) is 5.75 Å². The summed E-state index contributed by atoms with van der Waals surface area (Å²) in [6, 6.07) is 21.2. The van der Waals surface area contributed by atoms with Crippen molar-refractivity contribution in [3.63, 3.8) is 0 Å². The first-order valence-electron chi connectivity index (χ1n) is 8.93. The molecule has 138 valence electrons. The van der Waals surface area contributed by atoms with Crippen molar-refractivity contribution in [1.29, 1.82) is 0 Å². The minimum Gasteiger partial charge on any atom is -0.495 e. The van der Waals surface area contributed by atoms with Gasteiger partial charge in [-0.15, -0.1) is 0 Å². The van der Waals surface area contributed by atoms with Crippen molar-refractivity contribution in [2.24, 2.45) is 5.10 Å². The van der Waals surface area contributed by atoms with E-state index >= 15 is 0 Å². The van der Waals surface area contributed by atoms with Gasteiger partial charge in [-0.2, -0.15) is 5.10 Å². The van der Waals surface area contributed by atoms with E-state index in [9.17, 15) is 4.79 Å². The van der Waals surface area contributed by atoms with E-state index in [-0.39, 0.29) is 5.91 Å². The standard InChI is InChI=1S/C22H23N3O2/c1-3-19(24-20-13-6-7-14-21(20)27-2)22(26)25-23-15-17-11-8-10-16-9-4-5-12-18(16)17/h4-15,19,24H,3H2,1-2H3,(H,25,26)/t19-/m0/s1. The van der Waals surface area contributed by atoms with Crippen LogP contribution in [0.1, 0.15) is 18.9 Å². The van der Waals surface area contributed by atoms with Crippen LogP contribution in [-0.4, -0.2) is 25.3 Å². The zero-order valence-corrected chi connectivity index (χ0v) is 15.5. The number of methoxy groups -OCH3 is 1. The number of hydrazone groups is 1. The Hall–Kier alpha value is -3.34. The van der Waals surface area contributed by atoms with E-state index < -0.39 is 6.04 Å². The molecule has 0 fully saturated rings. The summed E-state index contributed by atoms with van der Waals surface area (Å²) in [5.41, 5.74) is 4.37. The third kappa shape index (κ3) is 4.44. The number of anilines is 1. The number of carbonyl (C=O) groups is 1. The first kappa shape index (κ1) is 18.5. The predicted octanol–water partition coefficient (Wildman–Crippen LogP) is 4.19. The Balaban J connectivity index is 1.69. The Bertz CT molecular complexity index is 948. The molecule has 0 heterocycles. The number of hydrogen-bond acceptors (Lipinski definition) is 4. The molecule has 3 aromatic carbocycles. The van der Waals surface area contributed by atoms with Crippen LogP contribution in [-0.2, 0) is 4.79 Å². The first-order valence-corrected chi connectivity index (χ1v) is 8.93. The number of hydrogen-bond donors (Lipinski definition) is 2. The van der Waals surface area contributed by atoms with Crippen LogP contribution in [0.3, 0.4) is 0 Å². The molecule has 0 saturated carbocycles. The fourth-order valence-corrected chi connectivity index (χ4v) is 2.91. The second-order valence-electron chi connectivity index (χ2n) is 6.11. The molecule has 0 saturated heterocycles. The van der Waals surface area contributed by atoms with E-state index in [1.54, 1.807) is 13.3 Å². The molecule has 0 radical (unpaired) electrons. The molecule has 0 unspecified atom stereocenters. The molecule has 27 heavy (non-hydrogen) atoms. The number of carbonyl (C=O) groups excluding carboxylic acids is 1. The van der Waals surface area contributed by atoms with Gasteiger partial charge in [-0.05, 0) is 29.3 Å².